The molecule has 1 aliphatic carbocycles. The Labute approximate surface area is 254 Å². The van der Waals surface area contributed by atoms with Crippen LogP contribution in [-0.2, 0) is 45.8 Å². The van der Waals surface area contributed by atoms with Gasteiger partial charge in [0.1, 0.15) is 11.0 Å². The number of carbonyl (C=O) groups excluding carboxylic acids is 3. The van der Waals surface area contributed by atoms with Crippen molar-refractivity contribution in [1.82, 2.24) is 4.90 Å². The summed E-state index contributed by atoms with van der Waals surface area (Å²) in [6.45, 7) is -0.593. The third kappa shape index (κ3) is 6.07. The first-order valence-electron chi connectivity index (χ1n) is 14.0. The second-order valence-electron chi connectivity index (χ2n) is 11.3. The van der Waals surface area contributed by atoms with Crippen LogP contribution in [-0.4, -0.2) is 64.0 Å². The Morgan fingerprint density at radius 2 is 1.51 bits per heavy atom. The van der Waals surface area contributed by atoms with Gasteiger partial charge in [-0.3, -0.25) is 9.59 Å². The average Bonchev–Trinajstić information content (AvgIpc) is 3.47. The number of carbonyl (C=O) groups is 3. The number of amides is 1. The Balaban J connectivity index is 1.75. The molecule has 7 nitrogen and oxygen atoms in total. The lowest BCUT2D eigenvalue weighted by molar-refractivity contribution is -0.348. The van der Waals surface area contributed by atoms with Crippen molar-refractivity contribution in [3.8, 4) is 0 Å². The fourth-order valence-corrected chi connectivity index (χ4v) is 8.38. The number of sulfone groups is 1. The summed E-state index contributed by atoms with van der Waals surface area (Å²) in [7, 11) is -3.27. The Kier molecular flexibility index (Phi) is 9.45. The van der Waals surface area contributed by atoms with Crippen molar-refractivity contribution in [2.45, 2.75) is 66.2 Å². The zero-order valence-corrected chi connectivity index (χ0v) is 24.8. The van der Waals surface area contributed by atoms with Gasteiger partial charge in [0.15, 0.2) is 9.84 Å². The van der Waals surface area contributed by atoms with Gasteiger partial charge < -0.3 is 14.4 Å². The van der Waals surface area contributed by atoms with E-state index in [1.165, 1.54) is 36.3 Å². The Morgan fingerprint density at radius 3 is 2.04 bits per heavy atom. The van der Waals surface area contributed by atoms with Gasteiger partial charge in [0.2, 0.25) is 5.91 Å². The highest BCUT2D eigenvalue weighted by atomic mass is 32.2. The molecule has 1 unspecified atom stereocenters. The smallest absolute Gasteiger partial charge is 0.435 e. The molecule has 1 atom stereocenters. The summed E-state index contributed by atoms with van der Waals surface area (Å²) in [6, 6.07) is 7.29. The number of benzene rings is 2. The lowest BCUT2D eigenvalue weighted by atomic mass is 9.81. The van der Waals surface area contributed by atoms with Gasteiger partial charge in [-0.1, -0.05) is 36.4 Å². The fourth-order valence-electron chi connectivity index (χ4n) is 6.23. The first-order valence-corrected chi connectivity index (χ1v) is 15.5. The molecule has 2 aromatic carbocycles. The Bertz CT molecular complexity index is 1520. The largest absolute Gasteiger partial charge is 0.469 e. The molecule has 1 aliphatic heterocycles. The van der Waals surface area contributed by atoms with E-state index in [2.05, 4.69) is 0 Å². The maximum absolute atomic E-state index is 14.8. The topological polar surface area (TPSA) is 97.8 Å². The van der Waals surface area contributed by atoms with Crippen LogP contribution in [0.5, 0.6) is 0 Å². The number of aldehydes is 1. The van der Waals surface area contributed by atoms with Crippen molar-refractivity contribution in [2.75, 3.05) is 20.2 Å². The SMILES string of the molecule is COC(=O)C1CCC(C(=O)N2CCC(c3ccc(C(F)(C(F)(F)F)C(F)(F)F)cc3)(S(=O)(=O)c3cccc(CC=O)c3)C2)CC1. The number of alkyl halides is 7. The molecule has 0 N–H and O–H groups in total. The summed E-state index contributed by atoms with van der Waals surface area (Å²) >= 11 is 0. The van der Waals surface area contributed by atoms with Gasteiger partial charge in [-0.05, 0) is 55.4 Å². The molecule has 246 valence electrons. The van der Waals surface area contributed by atoms with Crippen LogP contribution in [0.1, 0.15) is 48.8 Å². The second-order valence-corrected chi connectivity index (χ2v) is 13.6. The molecular formula is C30H30F7NO6S. The minimum Gasteiger partial charge on any atom is -0.469 e. The van der Waals surface area contributed by atoms with Crippen LogP contribution in [0.3, 0.4) is 0 Å². The van der Waals surface area contributed by atoms with Crippen LogP contribution in [0.2, 0.25) is 0 Å². The molecule has 1 saturated carbocycles. The maximum atomic E-state index is 14.8. The zero-order chi connectivity index (χ0) is 33.4. The molecule has 0 aromatic heterocycles. The number of likely N-dealkylation sites (tertiary alicyclic amines) is 1. The van der Waals surface area contributed by atoms with E-state index < -0.39 is 62.5 Å². The molecule has 1 saturated heterocycles. The number of ether oxygens (including phenoxy) is 1. The van der Waals surface area contributed by atoms with Gasteiger partial charge in [0.05, 0.1) is 17.9 Å². The van der Waals surface area contributed by atoms with Crippen molar-refractivity contribution in [2.24, 2.45) is 11.8 Å². The van der Waals surface area contributed by atoms with E-state index in [4.69, 9.17) is 4.74 Å². The van der Waals surface area contributed by atoms with E-state index in [0.29, 0.717) is 49.7 Å². The average molecular weight is 666 g/mol. The molecule has 0 radical (unpaired) electrons. The molecule has 2 fully saturated rings. The second kappa shape index (κ2) is 12.4. The molecule has 0 bridgehead atoms. The molecule has 0 spiro atoms. The van der Waals surface area contributed by atoms with E-state index in [9.17, 15) is 53.5 Å². The van der Waals surface area contributed by atoms with E-state index in [1.807, 2.05) is 0 Å². The number of hydrogen-bond donors (Lipinski definition) is 0. The van der Waals surface area contributed by atoms with E-state index in [0.717, 1.165) is 0 Å². The predicted molar refractivity (Wildman–Crippen MR) is 145 cm³/mol. The summed E-state index contributed by atoms with van der Waals surface area (Å²) in [5, 5.41) is 0. The number of methoxy groups -OCH3 is 1. The molecule has 1 amide bonds. The summed E-state index contributed by atoms with van der Waals surface area (Å²) in [5.74, 6) is -1.74. The number of halogens is 7. The third-order valence-corrected chi connectivity index (χ3v) is 11.3. The van der Waals surface area contributed by atoms with Gasteiger partial charge in [0.25, 0.3) is 0 Å². The highest BCUT2D eigenvalue weighted by Crippen LogP contribution is 2.54. The van der Waals surface area contributed by atoms with Crippen molar-refractivity contribution in [1.29, 1.82) is 0 Å². The summed E-state index contributed by atoms with van der Waals surface area (Å²) in [5.41, 5.74) is -7.39. The van der Waals surface area contributed by atoms with Crippen molar-refractivity contribution in [3.05, 3.63) is 65.2 Å². The van der Waals surface area contributed by atoms with Gasteiger partial charge >= 0.3 is 24.0 Å². The Hall–Kier alpha value is -3.49. The van der Waals surface area contributed by atoms with Gasteiger partial charge in [-0.25, -0.2) is 12.8 Å². The summed E-state index contributed by atoms with van der Waals surface area (Å²) in [6.07, 6.45) is -11.2. The number of hydrogen-bond acceptors (Lipinski definition) is 6. The highest BCUT2D eigenvalue weighted by molar-refractivity contribution is 7.92. The standard InChI is InChI=1S/C30H30F7NO6S/c1-44-26(41)21-7-5-20(6-8-21)25(40)38-15-14-27(18-38,45(42,43)24-4-2-3-19(17-24)13-16-39)22-9-11-23(12-10-22)28(31,29(32,33)34)30(35,36)37/h2-4,9-12,16-17,20-21H,5-8,13-15,18H2,1H3. The molecule has 1 heterocycles. The van der Waals surface area contributed by atoms with Crippen molar-refractivity contribution in [3.63, 3.8) is 0 Å². The quantitative estimate of drug-likeness (QED) is 0.207. The Morgan fingerprint density at radius 1 is 0.933 bits per heavy atom. The predicted octanol–water partition coefficient (Wildman–Crippen LogP) is 5.60. The lowest BCUT2D eigenvalue weighted by Gasteiger charge is -2.33. The van der Waals surface area contributed by atoms with Crippen molar-refractivity contribution < 1.29 is 58.3 Å². The monoisotopic (exact) mass is 665 g/mol. The third-order valence-electron chi connectivity index (χ3n) is 8.79. The lowest BCUT2D eigenvalue weighted by Crippen LogP contribution is -2.50. The molecule has 45 heavy (non-hydrogen) atoms. The van der Waals surface area contributed by atoms with Crippen LogP contribution < -0.4 is 0 Å². The van der Waals surface area contributed by atoms with Gasteiger partial charge in [-0.2, -0.15) is 26.3 Å². The van der Waals surface area contributed by atoms with Crippen LogP contribution in [0.15, 0.2) is 53.4 Å². The number of rotatable bonds is 8. The van der Waals surface area contributed by atoms with Crippen molar-refractivity contribution >= 4 is 28.0 Å². The van der Waals surface area contributed by atoms with Crippen LogP contribution in [0.4, 0.5) is 30.7 Å². The molecule has 2 aliphatic rings. The maximum Gasteiger partial charge on any atom is 0.435 e. The molecule has 2 aromatic rings. The highest BCUT2D eigenvalue weighted by Gasteiger charge is 2.73. The minimum atomic E-state index is -6.36. The van der Waals surface area contributed by atoms with E-state index >= 15 is 0 Å². The van der Waals surface area contributed by atoms with E-state index in [-0.39, 0.29) is 47.9 Å². The van der Waals surface area contributed by atoms with Gasteiger partial charge in [-0.15, -0.1) is 0 Å². The van der Waals surface area contributed by atoms with Crippen LogP contribution in [0.25, 0.3) is 0 Å². The molecule has 15 heteroatoms. The zero-order valence-electron chi connectivity index (χ0n) is 24.0. The first kappa shape index (κ1) is 34.4. The van der Waals surface area contributed by atoms with Crippen LogP contribution in [0, 0.1) is 11.8 Å². The number of nitrogens with zero attached hydrogens (tertiary/aromatic N) is 1. The normalized spacial score (nSPS) is 23.1. The minimum absolute atomic E-state index is 0.108. The molecular weight excluding hydrogens is 635 g/mol. The number of esters is 1. The summed E-state index contributed by atoms with van der Waals surface area (Å²) in [4.78, 5) is 37.5. The molecule has 4 rings (SSSR count). The summed E-state index contributed by atoms with van der Waals surface area (Å²) < 4.78 is 126. The first-order chi connectivity index (χ1) is 20.9. The van der Waals surface area contributed by atoms with E-state index in [1.54, 1.807) is 0 Å². The fraction of sp³-hybridized carbons (Fsp3) is 0.500. The van der Waals surface area contributed by atoms with Crippen LogP contribution >= 0.6 is 0 Å². The van der Waals surface area contributed by atoms with Gasteiger partial charge in [0, 0.05) is 31.0 Å².